The van der Waals surface area contributed by atoms with Gasteiger partial charge in [-0.25, -0.2) is 4.79 Å². The predicted octanol–water partition coefficient (Wildman–Crippen LogP) is 7.15. The van der Waals surface area contributed by atoms with Crippen LogP contribution in [0.25, 0.3) is 0 Å². The van der Waals surface area contributed by atoms with E-state index in [9.17, 15) is 43.8 Å². The molecule has 2 amide bonds. The molecule has 0 aliphatic carbocycles. The average molecular weight is 783 g/mol. The topological polar surface area (TPSA) is 202 Å². The minimum absolute atomic E-state index is 0.00343. The monoisotopic (exact) mass is 783 g/mol. The summed E-state index contributed by atoms with van der Waals surface area (Å²) in [5, 5.41) is 24.3. The molecule has 0 rings (SSSR count). The molecule has 0 bridgehead atoms. The first-order valence-electron chi connectivity index (χ1n) is 20.8. The van der Waals surface area contributed by atoms with Crippen molar-refractivity contribution in [1.82, 2.24) is 10.6 Å². The van der Waals surface area contributed by atoms with Gasteiger partial charge >= 0.3 is 11.9 Å². The fourth-order valence-corrected chi connectivity index (χ4v) is 5.91. The van der Waals surface area contributed by atoms with Crippen LogP contribution in [0.15, 0.2) is 0 Å². The molecule has 0 aliphatic heterocycles. The van der Waals surface area contributed by atoms with Gasteiger partial charge in [0.05, 0.1) is 25.7 Å². The lowest BCUT2D eigenvalue weighted by Gasteiger charge is -2.16. The number of unbranched alkanes of at least 4 members (excludes halogenated alkanes) is 15. The van der Waals surface area contributed by atoms with Crippen molar-refractivity contribution >= 4 is 41.1 Å². The summed E-state index contributed by atoms with van der Waals surface area (Å²) in [4.78, 5) is 83.4. The van der Waals surface area contributed by atoms with Crippen LogP contribution < -0.4 is 10.6 Å². The van der Waals surface area contributed by atoms with Crippen molar-refractivity contribution in [2.45, 2.75) is 181 Å². The summed E-state index contributed by atoms with van der Waals surface area (Å²) in [5.74, 6) is -4.50. The molecule has 0 unspecified atom stereocenters. The van der Waals surface area contributed by atoms with Crippen LogP contribution in [0.2, 0.25) is 0 Å². The number of hydrogen-bond acceptors (Lipinski definition) is 9. The van der Waals surface area contributed by atoms with Crippen LogP contribution in [-0.2, 0) is 43.0 Å². The third-order valence-corrected chi connectivity index (χ3v) is 9.58. The summed E-state index contributed by atoms with van der Waals surface area (Å²) in [6.45, 7) is 8.00. The Kier molecular flexibility index (Phi) is 31.1. The number of ether oxygens (including phenoxy) is 2. The maximum Gasteiger partial charge on any atom is 0.326 e. The zero-order chi connectivity index (χ0) is 41.3. The Bertz CT molecular complexity index is 1120. The second kappa shape index (κ2) is 33.0. The van der Waals surface area contributed by atoms with Gasteiger partial charge in [0, 0.05) is 44.1 Å². The van der Waals surface area contributed by atoms with E-state index in [2.05, 4.69) is 10.6 Å². The number of rotatable bonds is 38. The van der Waals surface area contributed by atoms with Gasteiger partial charge in [0.25, 0.3) is 0 Å². The first-order valence-corrected chi connectivity index (χ1v) is 20.8. The second-order valence-corrected chi connectivity index (χ2v) is 15.9. The van der Waals surface area contributed by atoms with Crippen molar-refractivity contribution in [2.24, 2.45) is 11.3 Å². The van der Waals surface area contributed by atoms with E-state index in [1.165, 1.54) is 64.2 Å². The smallest absolute Gasteiger partial charge is 0.326 e. The van der Waals surface area contributed by atoms with E-state index in [-0.39, 0.29) is 94.9 Å². The SMILES string of the molecule is CC(=O)CCCCCCCCCCCCCCCCCCC(=O)N[C@@H](CCC(=O)C[C@@H](CCC(=O)NCCOCCOCC(=O)C(C)(C)C)C(=O)O)C(=O)O. The molecule has 0 aliphatic rings. The largest absolute Gasteiger partial charge is 0.481 e. The van der Waals surface area contributed by atoms with E-state index in [0.29, 0.717) is 6.42 Å². The van der Waals surface area contributed by atoms with Crippen molar-refractivity contribution in [3.63, 3.8) is 0 Å². The fraction of sp³-hybridized carbons (Fsp3) is 0.833. The van der Waals surface area contributed by atoms with E-state index in [1.54, 1.807) is 6.92 Å². The Morgan fingerprint density at radius 2 is 1.05 bits per heavy atom. The van der Waals surface area contributed by atoms with E-state index in [1.807, 2.05) is 20.8 Å². The number of carboxylic acid groups (broad SMARTS) is 2. The first kappa shape index (κ1) is 51.8. The van der Waals surface area contributed by atoms with Gasteiger partial charge in [-0.15, -0.1) is 0 Å². The van der Waals surface area contributed by atoms with Crippen LogP contribution in [0, 0.1) is 11.3 Å². The van der Waals surface area contributed by atoms with Crippen molar-refractivity contribution in [2.75, 3.05) is 33.0 Å². The molecular formula is C42H74N2O11. The summed E-state index contributed by atoms with van der Waals surface area (Å²) < 4.78 is 10.6. The van der Waals surface area contributed by atoms with Crippen molar-refractivity contribution in [3.05, 3.63) is 0 Å². The van der Waals surface area contributed by atoms with Gasteiger partial charge in [0.2, 0.25) is 11.8 Å². The molecule has 0 aromatic rings. The van der Waals surface area contributed by atoms with Gasteiger partial charge < -0.3 is 35.1 Å². The van der Waals surface area contributed by atoms with Crippen LogP contribution in [0.1, 0.15) is 175 Å². The molecule has 0 aromatic carbocycles. The normalized spacial score (nSPS) is 12.5. The summed E-state index contributed by atoms with van der Waals surface area (Å²) >= 11 is 0. The fourth-order valence-electron chi connectivity index (χ4n) is 5.91. The first-order chi connectivity index (χ1) is 26.1. The number of hydrogen-bond donors (Lipinski definition) is 4. The lowest BCUT2D eigenvalue weighted by molar-refractivity contribution is -0.145. The molecule has 13 heteroatoms. The number of nitrogens with one attached hydrogen (secondary N) is 2. The Balaban J connectivity index is 4.02. The minimum Gasteiger partial charge on any atom is -0.481 e. The molecule has 0 aromatic heterocycles. The highest BCUT2D eigenvalue weighted by Gasteiger charge is 2.25. The maximum absolute atomic E-state index is 12.6. The molecule has 0 radical (unpaired) electrons. The summed E-state index contributed by atoms with van der Waals surface area (Å²) in [6, 6.07) is -1.24. The third-order valence-electron chi connectivity index (χ3n) is 9.58. The van der Waals surface area contributed by atoms with Crippen molar-refractivity contribution in [1.29, 1.82) is 0 Å². The molecule has 2 atom stereocenters. The molecule has 0 fully saturated rings. The quantitative estimate of drug-likeness (QED) is 0.0463. The number of carboxylic acids is 2. The number of carbonyl (C=O) groups is 7. The average Bonchev–Trinajstić information content (AvgIpc) is 3.11. The Morgan fingerprint density at radius 1 is 0.564 bits per heavy atom. The van der Waals surface area contributed by atoms with Crippen LogP contribution in [-0.4, -0.2) is 90.3 Å². The number of carbonyl (C=O) groups excluding carboxylic acids is 5. The van der Waals surface area contributed by atoms with Crippen LogP contribution in [0.3, 0.4) is 0 Å². The predicted molar refractivity (Wildman–Crippen MR) is 212 cm³/mol. The Hall–Kier alpha value is -3.19. The Morgan fingerprint density at radius 3 is 1.53 bits per heavy atom. The van der Waals surface area contributed by atoms with Crippen LogP contribution in [0.5, 0.6) is 0 Å². The van der Waals surface area contributed by atoms with Gasteiger partial charge in [-0.1, -0.05) is 111 Å². The molecule has 0 heterocycles. The summed E-state index contributed by atoms with van der Waals surface area (Å²) in [5.41, 5.74) is -0.471. The van der Waals surface area contributed by atoms with Gasteiger partial charge in [0.15, 0.2) is 5.78 Å². The van der Waals surface area contributed by atoms with Gasteiger partial charge in [-0.05, 0) is 32.6 Å². The lowest BCUT2D eigenvalue weighted by Crippen LogP contribution is -2.41. The molecule has 4 N–H and O–H groups in total. The van der Waals surface area contributed by atoms with E-state index in [0.717, 1.165) is 38.5 Å². The van der Waals surface area contributed by atoms with Crippen LogP contribution >= 0.6 is 0 Å². The highest BCUT2D eigenvalue weighted by Crippen LogP contribution is 2.17. The molecule has 0 saturated carbocycles. The van der Waals surface area contributed by atoms with Gasteiger partial charge in [-0.3, -0.25) is 24.0 Å². The van der Waals surface area contributed by atoms with Gasteiger partial charge in [-0.2, -0.15) is 0 Å². The van der Waals surface area contributed by atoms with Crippen LogP contribution in [0.4, 0.5) is 0 Å². The van der Waals surface area contributed by atoms with Crippen molar-refractivity contribution in [3.8, 4) is 0 Å². The summed E-state index contributed by atoms with van der Waals surface area (Å²) in [6.07, 6.45) is 18.5. The minimum atomic E-state index is -1.25. The molecule has 13 nitrogen and oxygen atoms in total. The van der Waals surface area contributed by atoms with Gasteiger partial charge in [0.1, 0.15) is 24.2 Å². The molecular weight excluding hydrogens is 708 g/mol. The third kappa shape index (κ3) is 32.7. The lowest BCUT2D eigenvalue weighted by atomic mass is 9.91. The number of Topliss-reactive ketones (excluding diaryl/α,β-unsaturated/α-hetero) is 3. The molecule has 318 valence electrons. The zero-order valence-electron chi connectivity index (χ0n) is 34.5. The maximum atomic E-state index is 12.6. The molecule has 0 spiro atoms. The molecule has 55 heavy (non-hydrogen) atoms. The number of aliphatic carboxylic acids is 2. The standard InChI is InChI=1S/C42H74N2O11/c1-33(45)21-19-17-15-13-11-9-7-5-6-8-10-12-14-16-18-20-22-39(49)44-36(41(52)53)25-24-35(46)31-34(40(50)51)23-26-38(48)43-27-28-54-29-30-55-32-37(47)42(2,3)4/h34,36H,5-32H2,1-4H3,(H,43,48)(H,44,49)(H,50,51)(H,52,53)/t34-,36+/m1/s1. The number of ketones is 3. The van der Waals surface area contributed by atoms with E-state index < -0.39 is 35.1 Å². The van der Waals surface area contributed by atoms with E-state index >= 15 is 0 Å². The highest BCUT2D eigenvalue weighted by molar-refractivity contribution is 5.87. The van der Waals surface area contributed by atoms with Crippen molar-refractivity contribution < 1.29 is 53.2 Å². The zero-order valence-corrected chi connectivity index (χ0v) is 34.5. The molecule has 0 saturated heterocycles. The number of amides is 2. The van der Waals surface area contributed by atoms with E-state index in [4.69, 9.17) is 9.47 Å². The highest BCUT2D eigenvalue weighted by atomic mass is 16.5. The second-order valence-electron chi connectivity index (χ2n) is 15.9. The Labute approximate surface area is 330 Å². The summed E-state index contributed by atoms with van der Waals surface area (Å²) in [7, 11) is 0.